The Morgan fingerprint density at radius 3 is 2.48 bits per heavy atom. The first kappa shape index (κ1) is 22.8. The normalized spacial score (nSPS) is 12.1. The first-order valence-electron chi connectivity index (χ1n) is 11.9. The molecule has 33 heavy (non-hydrogen) atoms. The highest BCUT2D eigenvalue weighted by Gasteiger charge is 2.16. The van der Waals surface area contributed by atoms with Crippen LogP contribution in [0.3, 0.4) is 0 Å². The van der Waals surface area contributed by atoms with Crippen LogP contribution in [0.4, 0.5) is 0 Å². The predicted octanol–water partition coefficient (Wildman–Crippen LogP) is 6.41. The lowest BCUT2D eigenvalue weighted by atomic mass is 10.1. The maximum absolute atomic E-state index is 12.5. The van der Waals surface area contributed by atoms with Gasteiger partial charge >= 0.3 is 0 Å². The summed E-state index contributed by atoms with van der Waals surface area (Å²) in [5, 5.41) is 3.07. The van der Waals surface area contributed by atoms with E-state index in [1.165, 1.54) is 16.6 Å². The third-order valence-corrected chi connectivity index (χ3v) is 6.33. The molecule has 1 atom stereocenters. The quantitative estimate of drug-likeness (QED) is 0.307. The van der Waals surface area contributed by atoms with Gasteiger partial charge in [-0.15, -0.1) is 0 Å². The molecule has 0 radical (unpaired) electrons. The number of aryl methyl sites for hydroxylation is 3. The largest absolute Gasteiger partial charge is 0.352 e. The lowest BCUT2D eigenvalue weighted by Gasteiger charge is -2.18. The van der Waals surface area contributed by atoms with Crippen LogP contribution in [0.2, 0.25) is 0 Å². The van der Waals surface area contributed by atoms with Crippen molar-refractivity contribution in [1.82, 2.24) is 14.9 Å². The minimum absolute atomic E-state index is 0.0194. The van der Waals surface area contributed by atoms with Crippen molar-refractivity contribution in [3.63, 3.8) is 0 Å². The Kier molecular flexibility index (Phi) is 7.23. The van der Waals surface area contributed by atoms with Crippen LogP contribution in [-0.4, -0.2) is 22.0 Å². The third-order valence-electron chi connectivity index (χ3n) is 6.33. The molecule has 0 aliphatic rings. The molecule has 1 heterocycles. The Morgan fingerprint density at radius 2 is 1.70 bits per heavy atom. The number of carbonyl (C=O) groups is 1. The number of carbonyl (C=O) groups excluding carboxylic acids is 1. The number of nitrogens with zero attached hydrogens (tertiary/aromatic N) is 2. The smallest absolute Gasteiger partial charge is 0.251 e. The molecule has 0 bridgehead atoms. The van der Waals surface area contributed by atoms with Crippen molar-refractivity contribution in [1.29, 1.82) is 0 Å². The molecule has 4 rings (SSSR count). The fourth-order valence-corrected chi connectivity index (χ4v) is 4.53. The van der Waals surface area contributed by atoms with E-state index in [9.17, 15) is 4.79 Å². The van der Waals surface area contributed by atoms with Crippen molar-refractivity contribution < 1.29 is 4.79 Å². The van der Waals surface area contributed by atoms with Crippen LogP contribution in [0.1, 0.15) is 65.1 Å². The van der Waals surface area contributed by atoms with Gasteiger partial charge in [0.25, 0.3) is 5.91 Å². The Labute approximate surface area is 196 Å². The number of imidazole rings is 1. The van der Waals surface area contributed by atoms with E-state index in [1.807, 2.05) is 26.0 Å². The number of benzene rings is 3. The minimum atomic E-state index is 0.0194. The number of hydrogen-bond donors (Lipinski definition) is 1. The summed E-state index contributed by atoms with van der Waals surface area (Å²) in [4.78, 5) is 17.4. The van der Waals surface area contributed by atoms with Gasteiger partial charge in [-0.1, -0.05) is 66.6 Å². The van der Waals surface area contributed by atoms with Crippen LogP contribution in [0.15, 0.2) is 72.8 Å². The number of hydrogen-bond acceptors (Lipinski definition) is 2. The number of rotatable bonds is 9. The molecule has 1 N–H and O–H groups in total. The maximum atomic E-state index is 12.5. The highest BCUT2D eigenvalue weighted by Crippen LogP contribution is 2.27. The summed E-state index contributed by atoms with van der Waals surface area (Å²) < 4.78 is 2.38. The zero-order valence-corrected chi connectivity index (χ0v) is 19.8. The van der Waals surface area contributed by atoms with Crippen LogP contribution >= 0.6 is 0 Å². The molecule has 0 fully saturated rings. The first-order chi connectivity index (χ1) is 16.0. The molecule has 1 aromatic heterocycles. The fraction of sp³-hybridized carbons (Fsp3) is 0.310. The van der Waals surface area contributed by atoms with Crippen LogP contribution in [0.25, 0.3) is 11.0 Å². The molecule has 0 aliphatic heterocycles. The van der Waals surface area contributed by atoms with Gasteiger partial charge in [-0.25, -0.2) is 4.98 Å². The average Bonchev–Trinajstić information content (AvgIpc) is 3.19. The van der Waals surface area contributed by atoms with Crippen LogP contribution in [0.5, 0.6) is 0 Å². The zero-order chi connectivity index (χ0) is 23.2. The number of para-hydroxylation sites is 2. The third kappa shape index (κ3) is 5.33. The summed E-state index contributed by atoms with van der Waals surface area (Å²) in [5.74, 6) is 1.15. The summed E-state index contributed by atoms with van der Waals surface area (Å²) in [6, 6.07) is 25.2. The Balaban J connectivity index is 1.34. The van der Waals surface area contributed by atoms with Gasteiger partial charge in [-0.3, -0.25) is 4.79 Å². The van der Waals surface area contributed by atoms with E-state index < -0.39 is 0 Å². The minimum Gasteiger partial charge on any atom is -0.352 e. The molecule has 4 nitrogen and oxygen atoms in total. The molecule has 1 unspecified atom stereocenters. The number of nitrogens with one attached hydrogen (secondary N) is 1. The van der Waals surface area contributed by atoms with E-state index >= 15 is 0 Å². The molecule has 1 amide bonds. The van der Waals surface area contributed by atoms with Gasteiger partial charge < -0.3 is 9.88 Å². The van der Waals surface area contributed by atoms with Gasteiger partial charge in [0, 0.05) is 18.5 Å². The van der Waals surface area contributed by atoms with Crippen molar-refractivity contribution in [2.24, 2.45) is 0 Å². The zero-order valence-electron chi connectivity index (χ0n) is 19.8. The van der Waals surface area contributed by atoms with Gasteiger partial charge in [-0.2, -0.15) is 0 Å². The number of unbranched alkanes of at least 4 members (excludes halogenated alkanes) is 2. The Hall–Kier alpha value is -3.40. The second-order valence-corrected chi connectivity index (χ2v) is 8.86. The molecule has 0 saturated carbocycles. The van der Waals surface area contributed by atoms with Crippen LogP contribution in [0, 0.1) is 13.8 Å². The van der Waals surface area contributed by atoms with Crippen molar-refractivity contribution in [3.05, 3.63) is 101 Å². The number of aromatic nitrogens is 2. The fourth-order valence-electron chi connectivity index (χ4n) is 4.53. The standard InChI is InChI=1S/C29H33N3O/c1-21-17-18-25(22(2)20-21)29(33)30-19-11-5-8-16-28-31-26-14-9-10-15-27(26)32(28)23(3)24-12-6-4-7-13-24/h4,6-7,9-10,12-15,17-18,20,23H,5,8,11,16,19H2,1-3H3,(H,30,33). The molecule has 3 aromatic carbocycles. The Morgan fingerprint density at radius 1 is 0.939 bits per heavy atom. The summed E-state index contributed by atoms with van der Waals surface area (Å²) in [7, 11) is 0. The average molecular weight is 440 g/mol. The van der Waals surface area contributed by atoms with Gasteiger partial charge in [0.05, 0.1) is 17.1 Å². The summed E-state index contributed by atoms with van der Waals surface area (Å²) >= 11 is 0. The topological polar surface area (TPSA) is 46.9 Å². The molecule has 0 spiro atoms. The second kappa shape index (κ2) is 10.5. The lowest BCUT2D eigenvalue weighted by molar-refractivity contribution is 0.0952. The molecule has 0 aliphatic carbocycles. The van der Waals surface area contributed by atoms with E-state index in [2.05, 4.69) is 77.5 Å². The molecule has 4 aromatic rings. The summed E-state index contributed by atoms with van der Waals surface area (Å²) in [6.45, 7) is 6.98. The molecular weight excluding hydrogens is 406 g/mol. The van der Waals surface area contributed by atoms with E-state index in [4.69, 9.17) is 4.98 Å². The Bertz CT molecular complexity index is 1230. The van der Waals surface area contributed by atoms with E-state index in [-0.39, 0.29) is 11.9 Å². The van der Waals surface area contributed by atoms with Crippen molar-refractivity contribution in [3.8, 4) is 0 Å². The predicted molar refractivity (Wildman–Crippen MR) is 136 cm³/mol. The molecule has 4 heteroatoms. The van der Waals surface area contributed by atoms with E-state index in [1.54, 1.807) is 0 Å². The van der Waals surface area contributed by atoms with E-state index in [0.717, 1.165) is 48.2 Å². The lowest BCUT2D eigenvalue weighted by Crippen LogP contribution is -2.25. The van der Waals surface area contributed by atoms with Gasteiger partial charge in [0.15, 0.2) is 0 Å². The van der Waals surface area contributed by atoms with Gasteiger partial charge in [0.2, 0.25) is 0 Å². The first-order valence-corrected chi connectivity index (χ1v) is 11.9. The summed E-state index contributed by atoms with van der Waals surface area (Å²) in [6.07, 6.45) is 3.99. The summed E-state index contributed by atoms with van der Waals surface area (Å²) in [5.41, 5.74) is 6.50. The van der Waals surface area contributed by atoms with Gasteiger partial charge in [0.1, 0.15) is 5.82 Å². The molecular formula is C29H33N3O. The second-order valence-electron chi connectivity index (χ2n) is 8.86. The van der Waals surface area contributed by atoms with Crippen LogP contribution < -0.4 is 5.32 Å². The SMILES string of the molecule is Cc1ccc(C(=O)NCCCCCc2nc3ccccc3n2C(C)c2ccccc2)c(C)c1. The van der Waals surface area contributed by atoms with Gasteiger partial charge in [-0.05, 0) is 62.9 Å². The maximum Gasteiger partial charge on any atom is 0.251 e. The van der Waals surface area contributed by atoms with Crippen molar-refractivity contribution in [2.45, 2.75) is 52.5 Å². The highest BCUT2D eigenvalue weighted by molar-refractivity contribution is 5.95. The number of fused-ring (bicyclic) bond motifs is 1. The van der Waals surface area contributed by atoms with Crippen molar-refractivity contribution in [2.75, 3.05) is 6.54 Å². The van der Waals surface area contributed by atoms with Crippen molar-refractivity contribution >= 4 is 16.9 Å². The van der Waals surface area contributed by atoms with E-state index in [0.29, 0.717) is 6.54 Å². The molecule has 170 valence electrons. The highest BCUT2D eigenvalue weighted by atomic mass is 16.1. The monoisotopic (exact) mass is 439 g/mol. The number of amides is 1. The molecule has 0 saturated heterocycles. The van der Waals surface area contributed by atoms with Crippen LogP contribution in [-0.2, 0) is 6.42 Å².